The van der Waals surface area contributed by atoms with Crippen molar-refractivity contribution >= 4 is 38.9 Å². The molecule has 1 aromatic heterocycles. The van der Waals surface area contributed by atoms with Crippen LogP contribution in [0.3, 0.4) is 0 Å². The summed E-state index contributed by atoms with van der Waals surface area (Å²) in [5.74, 6) is -0.426. The zero-order valence-corrected chi connectivity index (χ0v) is 13.2. The first-order chi connectivity index (χ1) is 9.95. The number of carbonyl (C=O) groups excluding carboxylic acids is 2. The van der Waals surface area contributed by atoms with Gasteiger partial charge in [0.2, 0.25) is 5.91 Å². The molecule has 6 heteroatoms. The first kappa shape index (κ1) is 15.3. The van der Waals surface area contributed by atoms with Crippen molar-refractivity contribution in [2.45, 2.75) is 19.9 Å². The highest BCUT2D eigenvalue weighted by atomic mass is 32.1. The van der Waals surface area contributed by atoms with E-state index in [-0.39, 0.29) is 11.8 Å². The summed E-state index contributed by atoms with van der Waals surface area (Å²) < 4.78 is 0.963. The number of hydrogen-bond donors (Lipinski definition) is 2. The summed E-state index contributed by atoms with van der Waals surface area (Å²) in [4.78, 5) is 26.3. The van der Waals surface area contributed by atoms with Crippen LogP contribution in [0.2, 0.25) is 0 Å². The highest BCUT2D eigenvalue weighted by molar-refractivity contribution is 7.21. The van der Waals surface area contributed by atoms with Crippen LogP contribution in [-0.4, -0.2) is 36.3 Å². The molecule has 112 valence electrons. The van der Waals surface area contributed by atoms with Gasteiger partial charge in [-0.25, -0.2) is 0 Å². The Morgan fingerprint density at radius 2 is 2.05 bits per heavy atom. The summed E-state index contributed by atoms with van der Waals surface area (Å²) in [7, 11) is 1.71. The minimum Gasteiger partial charge on any atom is -0.397 e. The monoisotopic (exact) mass is 305 g/mol. The van der Waals surface area contributed by atoms with E-state index in [4.69, 9.17) is 5.73 Å². The highest BCUT2D eigenvalue weighted by Crippen LogP contribution is 2.33. The van der Waals surface area contributed by atoms with E-state index in [0.717, 1.165) is 10.1 Å². The molecule has 1 atom stereocenters. The summed E-state index contributed by atoms with van der Waals surface area (Å²) >= 11 is 1.34. The maximum absolute atomic E-state index is 12.3. The number of nitrogens with one attached hydrogen (secondary N) is 1. The molecule has 1 heterocycles. The van der Waals surface area contributed by atoms with Crippen molar-refractivity contribution in [2.75, 3.05) is 19.3 Å². The maximum atomic E-state index is 12.3. The van der Waals surface area contributed by atoms with Gasteiger partial charge in [0, 0.05) is 23.7 Å². The van der Waals surface area contributed by atoms with E-state index in [1.807, 2.05) is 31.2 Å². The SMILES string of the molecule is CCN(C)C(=O)C(C)NC(=O)c1sc2ccccc2c1N. The Morgan fingerprint density at radius 3 is 2.67 bits per heavy atom. The second-order valence-corrected chi connectivity index (χ2v) is 5.94. The molecule has 2 aromatic rings. The number of carbonyl (C=O) groups is 2. The van der Waals surface area contributed by atoms with Crippen molar-refractivity contribution in [3.63, 3.8) is 0 Å². The van der Waals surface area contributed by atoms with Crippen LogP contribution in [0.15, 0.2) is 24.3 Å². The van der Waals surface area contributed by atoms with Crippen LogP contribution >= 0.6 is 11.3 Å². The molecule has 2 rings (SSSR count). The molecule has 0 spiro atoms. The van der Waals surface area contributed by atoms with Gasteiger partial charge in [-0.3, -0.25) is 9.59 Å². The van der Waals surface area contributed by atoms with Gasteiger partial charge < -0.3 is 16.0 Å². The Bertz CT molecular complexity index is 681. The number of nitrogen functional groups attached to an aromatic ring is 1. The van der Waals surface area contributed by atoms with Crippen LogP contribution < -0.4 is 11.1 Å². The van der Waals surface area contributed by atoms with Crippen molar-refractivity contribution in [1.82, 2.24) is 10.2 Å². The lowest BCUT2D eigenvalue weighted by atomic mass is 10.2. The van der Waals surface area contributed by atoms with Crippen LogP contribution in [0.1, 0.15) is 23.5 Å². The predicted octanol–water partition coefficient (Wildman–Crippen LogP) is 2.08. The third-order valence-corrected chi connectivity index (χ3v) is 4.59. The zero-order chi connectivity index (χ0) is 15.6. The number of likely N-dealkylation sites (N-methyl/N-ethyl adjacent to an activating group) is 1. The molecule has 0 saturated carbocycles. The maximum Gasteiger partial charge on any atom is 0.264 e. The topological polar surface area (TPSA) is 75.4 Å². The Hall–Kier alpha value is -2.08. The van der Waals surface area contributed by atoms with E-state index in [1.165, 1.54) is 11.3 Å². The lowest BCUT2D eigenvalue weighted by molar-refractivity contribution is -0.131. The average molecular weight is 305 g/mol. The molecule has 2 amide bonds. The van der Waals surface area contributed by atoms with Gasteiger partial charge in [-0.15, -0.1) is 11.3 Å². The van der Waals surface area contributed by atoms with Crippen molar-refractivity contribution in [1.29, 1.82) is 0 Å². The number of amides is 2. The number of benzene rings is 1. The standard InChI is InChI=1S/C15H19N3O2S/c1-4-18(3)15(20)9(2)17-14(19)13-12(16)10-7-5-6-8-11(10)21-13/h5-9H,4,16H2,1-3H3,(H,17,19). The molecule has 3 N–H and O–H groups in total. The van der Waals surface area contributed by atoms with Crippen molar-refractivity contribution < 1.29 is 9.59 Å². The summed E-state index contributed by atoms with van der Waals surface area (Å²) in [6, 6.07) is 7.02. The summed E-state index contributed by atoms with van der Waals surface area (Å²) in [6.07, 6.45) is 0. The van der Waals surface area contributed by atoms with E-state index in [1.54, 1.807) is 18.9 Å². The molecule has 0 aliphatic rings. The third kappa shape index (κ3) is 3.00. The van der Waals surface area contributed by atoms with Crippen LogP contribution in [-0.2, 0) is 4.79 Å². The number of hydrogen-bond acceptors (Lipinski definition) is 4. The molecular weight excluding hydrogens is 286 g/mol. The molecule has 1 aromatic carbocycles. The van der Waals surface area contributed by atoms with Crippen molar-refractivity contribution in [2.24, 2.45) is 0 Å². The Labute approximate surface area is 127 Å². The summed E-state index contributed by atoms with van der Waals surface area (Å²) in [5.41, 5.74) is 6.50. The molecule has 0 radical (unpaired) electrons. The first-order valence-corrected chi connectivity index (χ1v) is 7.60. The Kier molecular flexibility index (Phi) is 4.47. The van der Waals surface area contributed by atoms with Gasteiger partial charge in [-0.2, -0.15) is 0 Å². The zero-order valence-electron chi connectivity index (χ0n) is 12.3. The second-order valence-electron chi connectivity index (χ2n) is 4.89. The van der Waals surface area contributed by atoms with Crippen molar-refractivity contribution in [3.05, 3.63) is 29.1 Å². The fourth-order valence-corrected chi connectivity index (χ4v) is 3.07. The summed E-state index contributed by atoms with van der Waals surface area (Å²) in [5, 5.41) is 3.59. The molecule has 5 nitrogen and oxygen atoms in total. The fraction of sp³-hybridized carbons (Fsp3) is 0.333. The molecule has 21 heavy (non-hydrogen) atoms. The minimum atomic E-state index is -0.577. The van der Waals surface area contributed by atoms with Gasteiger partial charge in [0.25, 0.3) is 5.91 Å². The van der Waals surface area contributed by atoms with E-state index >= 15 is 0 Å². The van der Waals surface area contributed by atoms with E-state index in [2.05, 4.69) is 5.32 Å². The van der Waals surface area contributed by atoms with Gasteiger partial charge in [-0.05, 0) is 19.9 Å². The number of nitrogens with two attached hydrogens (primary N) is 1. The molecular formula is C15H19N3O2S. The van der Waals surface area contributed by atoms with Gasteiger partial charge in [0.15, 0.2) is 0 Å². The normalized spacial score (nSPS) is 12.1. The van der Waals surface area contributed by atoms with Crippen LogP contribution in [0, 0.1) is 0 Å². The largest absolute Gasteiger partial charge is 0.397 e. The lowest BCUT2D eigenvalue weighted by Crippen LogP contribution is -2.45. The number of fused-ring (bicyclic) bond motifs is 1. The van der Waals surface area contributed by atoms with E-state index in [9.17, 15) is 9.59 Å². The molecule has 0 saturated heterocycles. The molecule has 0 aliphatic carbocycles. The van der Waals surface area contributed by atoms with Gasteiger partial charge >= 0.3 is 0 Å². The number of thiophene rings is 1. The van der Waals surface area contributed by atoms with E-state index < -0.39 is 6.04 Å². The first-order valence-electron chi connectivity index (χ1n) is 6.78. The lowest BCUT2D eigenvalue weighted by Gasteiger charge is -2.20. The molecule has 0 bridgehead atoms. The summed E-state index contributed by atoms with van der Waals surface area (Å²) in [6.45, 7) is 4.16. The predicted molar refractivity (Wildman–Crippen MR) is 86.5 cm³/mol. The second kappa shape index (κ2) is 6.13. The number of rotatable bonds is 4. The molecule has 0 aliphatic heterocycles. The quantitative estimate of drug-likeness (QED) is 0.908. The molecule has 1 unspecified atom stereocenters. The van der Waals surface area contributed by atoms with Gasteiger partial charge in [0.05, 0.1) is 5.69 Å². The minimum absolute atomic E-state index is 0.120. The Balaban J connectivity index is 2.19. The van der Waals surface area contributed by atoms with E-state index in [0.29, 0.717) is 17.1 Å². The number of nitrogens with zero attached hydrogens (tertiary/aromatic N) is 1. The van der Waals surface area contributed by atoms with Crippen LogP contribution in [0.4, 0.5) is 5.69 Å². The number of anilines is 1. The van der Waals surface area contributed by atoms with Crippen molar-refractivity contribution in [3.8, 4) is 0 Å². The van der Waals surface area contributed by atoms with Crippen LogP contribution in [0.25, 0.3) is 10.1 Å². The smallest absolute Gasteiger partial charge is 0.264 e. The average Bonchev–Trinajstić information content (AvgIpc) is 2.83. The molecule has 0 fully saturated rings. The Morgan fingerprint density at radius 1 is 1.38 bits per heavy atom. The third-order valence-electron chi connectivity index (χ3n) is 3.41. The van der Waals surface area contributed by atoms with Gasteiger partial charge in [-0.1, -0.05) is 18.2 Å². The van der Waals surface area contributed by atoms with Crippen LogP contribution in [0.5, 0.6) is 0 Å². The highest BCUT2D eigenvalue weighted by Gasteiger charge is 2.22. The fourth-order valence-electron chi connectivity index (χ4n) is 2.04. The van der Waals surface area contributed by atoms with Gasteiger partial charge in [0.1, 0.15) is 10.9 Å².